The van der Waals surface area contributed by atoms with E-state index in [4.69, 9.17) is 14.2 Å². The van der Waals surface area contributed by atoms with Crippen LogP contribution < -0.4 is 4.74 Å². The molecule has 14 heteroatoms. The molecule has 1 heterocycles. The molecule has 0 aliphatic carbocycles. The molecule has 6 nitrogen and oxygen atoms in total. The molecule has 44 heavy (non-hydrogen) atoms. The second-order valence-electron chi connectivity index (χ2n) is 10.7. The second-order valence-corrected chi connectivity index (χ2v) is 14.1. The van der Waals surface area contributed by atoms with Crippen LogP contribution in [0.3, 0.4) is 0 Å². The fourth-order valence-corrected chi connectivity index (χ4v) is 7.14. The largest absolute Gasteiger partial charge is 0.743 e. The number of hydrogen-bond acceptors (Lipinski definition) is 6. The zero-order chi connectivity index (χ0) is 32.6. The van der Waals surface area contributed by atoms with Gasteiger partial charge in [-0.25, -0.2) is 17.2 Å². The van der Waals surface area contributed by atoms with E-state index in [9.17, 15) is 39.3 Å². The van der Waals surface area contributed by atoms with Crippen LogP contribution in [0, 0.1) is 5.92 Å². The van der Waals surface area contributed by atoms with Gasteiger partial charge in [-0.3, -0.25) is 0 Å². The van der Waals surface area contributed by atoms with Crippen LogP contribution in [-0.2, 0) is 36.3 Å². The molecule has 3 atom stereocenters. The standard InChI is InChI=1S/C30H30F6O6S2/c1-20(2)26-28(31,32)19-41-27(3,42-26)21-9-13-24(14-10-21)43(23-7-5-4-6-8-23)25-15-11-22(12-16-25)40-18-17-29(33,34)30(35,36)44(37,38)39/h4-16,20,26H,17-19H2,1-3H3. The van der Waals surface area contributed by atoms with Gasteiger partial charge in [0.2, 0.25) is 0 Å². The summed E-state index contributed by atoms with van der Waals surface area (Å²) in [5, 5.41) is -5.78. The van der Waals surface area contributed by atoms with Gasteiger partial charge in [0.1, 0.15) is 18.5 Å². The minimum atomic E-state index is -6.58. The molecule has 1 saturated heterocycles. The first kappa shape index (κ1) is 34.1. The van der Waals surface area contributed by atoms with Gasteiger partial charge in [-0.15, -0.1) is 0 Å². The third-order valence-electron chi connectivity index (χ3n) is 6.99. The zero-order valence-electron chi connectivity index (χ0n) is 23.8. The summed E-state index contributed by atoms with van der Waals surface area (Å²) in [6, 6.07) is 22.8. The number of hydrogen-bond donors (Lipinski definition) is 0. The van der Waals surface area contributed by atoms with Crippen molar-refractivity contribution in [2.75, 3.05) is 13.2 Å². The lowest BCUT2D eigenvalue weighted by atomic mass is 9.97. The highest BCUT2D eigenvalue weighted by Gasteiger charge is 2.61. The quantitative estimate of drug-likeness (QED) is 0.123. The Kier molecular flexibility index (Phi) is 9.72. The highest BCUT2D eigenvalue weighted by molar-refractivity contribution is 7.97. The van der Waals surface area contributed by atoms with Crippen LogP contribution in [0.1, 0.15) is 32.8 Å². The molecule has 3 aromatic carbocycles. The Labute approximate surface area is 254 Å². The number of rotatable bonds is 11. The molecule has 0 N–H and O–H groups in total. The molecular weight excluding hydrogens is 634 g/mol. The maximum absolute atomic E-state index is 14.4. The number of alkyl halides is 6. The van der Waals surface area contributed by atoms with Crippen LogP contribution in [0.5, 0.6) is 5.75 Å². The first-order valence-electron chi connectivity index (χ1n) is 13.4. The van der Waals surface area contributed by atoms with Crippen molar-refractivity contribution in [1.82, 2.24) is 0 Å². The Morgan fingerprint density at radius 2 is 1.45 bits per heavy atom. The maximum atomic E-state index is 14.4. The third kappa shape index (κ3) is 7.04. The van der Waals surface area contributed by atoms with Gasteiger partial charge in [0.25, 0.3) is 5.92 Å². The summed E-state index contributed by atoms with van der Waals surface area (Å²) in [5.74, 6) is -10.0. The molecule has 0 spiro atoms. The minimum Gasteiger partial charge on any atom is -0.743 e. The van der Waals surface area contributed by atoms with E-state index in [2.05, 4.69) is 0 Å². The number of benzene rings is 3. The van der Waals surface area contributed by atoms with Gasteiger partial charge in [0.05, 0.1) is 23.9 Å². The van der Waals surface area contributed by atoms with Crippen molar-refractivity contribution in [3.63, 3.8) is 0 Å². The van der Waals surface area contributed by atoms with E-state index in [-0.39, 0.29) is 5.75 Å². The summed E-state index contributed by atoms with van der Waals surface area (Å²) in [7, 11) is -7.27. The smallest absolute Gasteiger partial charge is 0.396 e. The summed E-state index contributed by atoms with van der Waals surface area (Å²) in [6.07, 6.45) is -3.03. The van der Waals surface area contributed by atoms with Crippen molar-refractivity contribution in [2.45, 2.75) is 70.9 Å². The Morgan fingerprint density at radius 1 is 0.932 bits per heavy atom. The van der Waals surface area contributed by atoms with Crippen molar-refractivity contribution in [3.8, 4) is 5.75 Å². The van der Waals surface area contributed by atoms with E-state index in [0.717, 1.165) is 14.7 Å². The van der Waals surface area contributed by atoms with Crippen LogP contribution in [0.2, 0.25) is 0 Å². The highest BCUT2D eigenvalue weighted by atomic mass is 32.2. The third-order valence-corrected chi connectivity index (χ3v) is 10.1. The highest BCUT2D eigenvalue weighted by Crippen LogP contribution is 2.43. The van der Waals surface area contributed by atoms with Crippen LogP contribution in [0.15, 0.2) is 93.5 Å². The lowest BCUT2D eigenvalue weighted by Gasteiger charge is -2.44. The Bertz CT molecular complexity index is 1520. The molecule has 3 aromatic rings. The molecule has 4 rings (SSSR count). The number of ether oxygens (including phenoxy) is 3. The van der Waals surface area contributed by atoms with Gasteiger partial charge >= 0.3 is 11.2 Å². The Balaban J connectivity index is 1.54. The summed E-state index contributed by atoms with van der Waals surface area (Å²) in [6.45, 7) is 3.15. The normalized spacial score (nSPS) is 21.7. The van der Waals surface area contributed by atoms with Crippen molar-refractivity contribution in [3.05, 3.63) is 84.4 Å². The predicted octanol–water partition coefficient (Wildman–Crippen LogP) is 7.20. The molecule has 240 valence electrons. The Morgan fingerprint density at radius 3 is 1.98 bits per heavy atom. The van der Waals surface area contributed by atoms with Crippen molar-refractivity contribution >= 4 is 21.0 Å². The van der Waals surface area contributed by atoms with Crippen molar-refractivity contribution in [1.29, 1.82) is 0 Å². The summed E-state index contributed by atoms with van der Waals surface area (Å²) < 4.78 is 131. The topological polar surface area (TPSA) is 84.9 Å². The predicted molar refractivity (Wildman–Crippen MR) is 149 cm³/mol. The minimum absolute atomic E-state index is 0.0563. The van der Waals surface area contributed by atoms with Gasteiger partial charge in [0, 0.05) is 5.56 Å². The van der Waals surface area contributed by atoms with Crippen molar-refractivity contribution < 1.29 is 53.5 Å². The second kappa shape index (κ2) is 12.5. The van der Waals surface area contributed by atoms with Gasteiger partial charge < -0.3 is 18.8 Å². The fraction of sp³-hybridized carbons (Fsp3) is 0.400. The first-order valence-corrected chi connectivity index (χ1v) is 16.0. The molecule has 3 unspecified atom stereocenters. The average Bonchev–Trinajstić information content (AvgIpc) is 2.95. The molecule has 0 saturated carbocycles. The van der Waals surface area contributed by atoms with Crippen LogP contribution in [0.4, 0.5) is 26.3 Å². The fourth-order valence-electron chi connectivity index (χ4n) is 4.61. The van der Waals surface area contributed by atoms with E-state index in [1.54, 1.807) is 45.0 Å². The van der Waals surface area contributed by atoms with Crippen molar-refractivity contribution in [2.24, 2.45) is 5.92 Å². The van der Waals surface area contributed by atoms with Gasteiger partial charge in [0.15, 0.2) is 30.6 Å². The first-order chi connectivity index (χ1) is 20.4. The molecule has 0 amide bonds. The molecule has 0 aromatic heterocycles. The van der Waals surface area contributed by atoms with Gasteiger partial charge in [-0.2, -0.15) is 17.6 Å². The van der Waals surface area contributed by atoms with E-state index < -0.39 is 75.6 Å². The van der Waals surface area contributed by atoms with Crippen LogP contribution >= 0.6 is 0 Å². The van der Waals surface area contributed by atoms with Gasteiger partial charge in [-0.1, -0.05) is 32.0 Å². The Hall–Kier alpha value is -2.78. The monoisotopic (exact) mass is 664 g/mol. The van der Waals surface area contributed by atoms with Crippen LogP contribution in [-0.4, -0.2) is 49.4 Å². The molecule has 1 aliphatic heterocycles. The van der Waals surface area contributed by atoms with E-state index in [1.807, 2.05) is 42.5 Å². The average molecular weight is 665 g/mol. The van der Waals surface area contributed by atoms with Crippen LogP contribution in [0.25, 0.3) is 0 Å². The summed E-state index contributed by atoms with van der Waals surface area (Å²) in [5.41, 5.74) is 0.551. The van der Waals surface area contributed by atoms with E-state index >= 15 is 0 Å². The summed E-state index contributed by atoms with van der Waals surface area (Å²) >= 11 is 0. The van der Waals surface area contributed by atoms with E-state index in [1.165, 1.54) is 12.1 Å². The maximum Gasteiger partial charge on any atom is 0.396 e. The molecular formula is C30H30F6O6S2. The molecule has 1 fully saturated rings. The van der Waals surface area contributed by atoms with Gasteiger partial charge in [-0.05, 0) is 73.5 Å². The van der Waals surface area contributed by atoms with E-state index in [0.29, 0.717) is 5.56 Å². The lowest BCUT2D eigenvalue weighted by molar-refractivity contribution is -0.368. The molecule has 1 aliphatic rings. The lowest BCUT2D eigenvalue weighted by Crippen LogP contribution is -2.54. The zero-order valence-corrected chi connectivity index (χ0v) is 25.4. The molecule has 0 bridgehead atoms. The summed E-state index contributed by atoms with van der Waals surface area (Å²) in [4.78, 5) is 2.55. The molecule has 0 radical (unpaired) electrons. The number of halogens is 6. The SMILES string of the molecule is CC(C)C1OC(C)(c2ccc([S+](c3ccccc3)c3ccc(OCCC(F)(F)C(F)(F)S(=O)(=O)[O-])cc3)cc2)OCC1(F)F.